The molecule has 2 unspecified atom stereocenters. The molecule has 122 valence electrons. The number of carbonyl (C=O) groups is 1. The maximum Gasteiger partial charge on any atom is 0.307 e. The van der Waals surface area contributed by atoms with E-state index in [0.717, 1.165) is 30.7 Å². The van der Waals surface area contributed by atoms with Crippen molar-refractivity contribution in [3.05, 3.63) is 52.2 Å². The van der Waals surface area contributed by atoms with Gasteiger partial charge >= 0.3 is 5.97 Å². The zero-order valence-electron chi connectivity index (χ0n) is 13.1. The zero-order chi connectivity index (χ0) is 16.2. The number of nitrogens with zero attached hydrogens (tertiary/aromatic N) is 1. The molecule has 23 heavy (non-hydrogen) atoms. The number of aliphatic carboxylic acids is 1. The third kappa shape index (κ3) is 3.57. The van der Waals surface area contributed by atoms with Crippen molar-refractivity contribution in [1.29, 1.82) is 0 Å². The Labute approximate surface area is 140 Å². The molecule has 0 bridgehead atoms. The fraction of sp³-hybridized carbons (Fsp3) is 0.389. The number of carboxylic acids is 1. The van der Waals surface area contributed by atoms with Gasteiger partial charge in [0.1, 0.15) is 5.75 Å². The van der Waals surface area contributed by atoms with Crippen molar-refractivity contribution >= 4 is 17.3 Å². The molecular formula is C18H21NO3S. The standard InChI is InChI=1S/C18H21NO3S/c1-22-16-6-2-4-13(10-16)17(15-7-9-23-12-15)19-8-3-5-14(11-19)18(20)21/h2,4,6-7,9-10,12,14,17H,3,5,8,11H2,1H3,(H,20,21). The van der Waals surface area contributed by atoms with Gasteiger partial charge in [-0.05, 0) is 59.5 Å². The predicted octanol–water partition coefficient (Wildman–Crippen LogP) is 3.64. The van der Waals surface area contributed by atoms with Crippen LogP contribution >= 0.6 is 11.3 Å². The van der Waals surface area contributed by atoms with Gasteiger partial charge in [0, 0.05) is 6.54 Å². The van der Waals surface area contributed by atoms with Crippen molar-refractivity contribution in [1.82, 2.24) is 4.90 Å². The first kappa shape index (κ1) is 16.0. The van der Waals surface area contributed by atoms with E-state index in [0.29, 0.717) is 6.54 Å². The lowest BCUT2D eigenvalue weighted by atomic mass is 9.92. The van der Waals surface area contributed by atoms with Crippen LogP contribution in [0.5, 0.6) is 5.75 Å². The minimum absolute atomic E-state index is 0.0819. The minimum atomic E-state index is -0.690. The second kappa shape index (κ2) is 7.15. The molecular weight excluding hydrogens is 310 g/mol. The second-order valence-corrected chi connectivity index (χ2v) is 6.69. The highest BCUT2D eigenvalue weighted by Crippen LogP contribution is 2.34. The highest BCUT2D eigenvalue weighted by Gasteiger charge is 2.31. The molecule has 2 aromatic rings. The molecule has 1 saturated heterocycles. The van der Waals surface area contributed by atoms with Crippen LogP contribution in [0, 0.1) is 5.92 Å². The summed E-state index contributed by atoms with van der Waals surface area (Å²) in [6.45, 7) is 1.51. The average molecular weight is 331 g/mol. The summed E-state index contributed by atoms with van der Waals surface area (Å²) in [5, 5.41) is 13.6. The number of likely N-dealkylation sites (tertiary alicyclic amines) is 1. The smallest absolute Gasteiger partial charge is 0.307 e. The summed E-state index contributed by atoms with van der Waals surface area (Å²) in [5.74, 6) is -0.144. The Hall–Kier alpha value is -1.85. The van der Waals surface area contributed by atoms with Gasteiger partial charge in [0.05, 0.1) is 19.1 Å². The monoisotopic (exact) mass is 331 g/mol. The first-order valence-corrected chi connectivity index (χ1v) is 8.76. The molecule has 2 heterocycles. The van der Waals surface area contributed by atoms with Crippen LogP contribution in [0.4, 0.5) is 0 Å². The highest BCUT2D eigenvalue weighted by atomic mass is 32.1. The van der Waals surface area contributed by atoms with Gasteiger partial charge in [-0.25, -0.2) is 0 Å². The maximum absolute atomic E-state index is 11.4. The topological polar surface area (TPSA) is 49.8 Å². The van der Waals surface area contributed by atoms with E-state index in [-0.39, 0.29) is 12.0 Å². The molecule has 3 rings (SSSR count). The van der Waals surface area contributed by atoms with Crippen LogP contribution in [-0.2, 0) is 4.79 Å². The van der Waals surface area contributed by atoms with Crippen molar-refractivity contribution in [3.63, 3.8) is 0 Å². The van der Waals surface area contributed by atoms with Gasteiger partial charge in [-0.15, -0.1) is 0 Å². The lowest BCUT2D eigenvalue weighted by molar-refractivity contribution is -0.143. The van der Waals surface area contributed by atoms with Crippen LogP contribution in [0.15, 0.2) is 41.1 Å². The molecule has 0 radical (unpaired) electrons. The molecule has 4 nitrogen and oxygen atoms in total. The van der Waals surface area contributed by atoms with Gasteiger partial charge in [-0.1, -0.05) is 12.1 Å². The Morgan fingerprint density at radius 1 is 1.39 bits per heavy atom. The van der Waals surface area contributed by atoms with Gasteiger partial charge in [-0.3, -0.25) is 9.69 Å². The number of hydrogen-bond acceptors (Lipinski definition) is 4. The molecule has 1 aliphatic rings. The number of thiophene rings is 1. The molecule has 1 aromatic carbocycles. The first-order valence-electron chi connectivity index (χ1n) is 7.82. The van der Waals surface area contributed by atoms with E-state index in [4.69, 9.17) is 4.74 Å². The minimum Gasteiger partial charge on any atom is -0.497 e. The first-order chi connectivity index (χ1) is 11.2. The Bertz CT molecular complexity index is 656. The molecule has 0 amide bonds. The van der Waals surface area contributed by atoms with Gasteiger partial charge < -0.3 is 9.84 Å². The van der Waals surface area contributed by atoms with E-state index in [1.165, 1.54) is 5.56 Å². The number of carboxylic acid groups (broad SMARTS) is 1. The summed E-state index contributed by atoms with van der Waals surface area (Å²) in [7, 11) is 1.67. The zero-order valence-corrected chi connectivity index (χ0v) is 14.0. The van der Waals surface area contributed by atoms with Crippen molar-refractivity contribution < 1.29 is 14.6 Å². The quantitative estimate of drug-likeness (QED) is 0.909. The van der Waals surface area contributed by atoms with Crippen molar-refractivity contribution in [2.24, 2.45) is 5.92 Å². The fourth-order valence-corrected chi connectivity index (χ4v) is 3.98. The van der Waals surface area contributed by atoms with E-state index in [2.05, 4.69) is 27.8 Å². The third-order valence-corrected chi connectivity index (χ3v) is 5.14. The summed E-state index contributed by atoms with van der Waals surface area (Å²) in [6, 6.07) is 10.3. The summed E-state index contributed by atoms with van der Waals surface area (Å²) in [6.07, 6.45) is 1.68. The third-order valence-electron chi connectivity index (χ3n) is 4.44. The molecule has 1 fully saturated rings. The van der Waals surface area contributed by atoms with Gasteiger partial charge in [0.15, 0.2) is 0 Å². The maximum atomic E-state index is 11.4. The molecule has 5 heteroatoms. The largest absolute Gasteiger partial charge is 0.497 e. The molecule has 1 N–H and O–H groups in total. The Morgan fingerprint density at radius 3 is 2.96 bits per heavy atom. The number of hydrogen-bond donors (Lipinski definition) is 1. The summed E-state index contributed by atoms with van der Waals surface area (Å²) < 4.78 is 5.36. The number of piperidine rings is 1. The Kier molecular flexibility index (Phi) is 4.98. The van der Waals surface area contributed by atoms with Gasteiger partial charge in [0.2, 0.25) is 0 Å². The number of benzene rings is 1. The summed E-state index contributed by atoms with van der Waals surface area (Å²) in [4.78, 5) is 13.7. The summed E-state index contributed by atoms with van der Waals surface area (Å²) in [5.41, 5.74) is 2.36. The molecule has 1 aromatic heterocycles. The number of rotatable bonds is 5. The number of methoxy groups -OCH3 is 1. The van der Waals surface area contributed by atoms with Crippen LogP contribution in [0.3, 0.4) is 0 Å². The molecule has 0 spiro atoms. The molecule has 1 aliphatic heterocycles. The summed E-state index contributed by atoms with van der Waals surface area (Å²) >= 11 is 1.67. The van der Waals surface area contributed by atoms with Gasteiger partial charge in [-0.2, -0.15) is 11.3 Å². The molecule has 0 saturated carbocycles. The second-order valence-electron chi connectivity index (χ2n) is 5.91. The van der Waals surface area contributed by atoms with Crippen LogP contribution in [0.2, 0.25) is 0 Å². The lowest BCUT2D eigenvalue weighted by Crippen LogP contribution is -2.41. The molecule has 0 aliphatic carbocycles. The van der Waals surface area contributed by atoms with E-state index in [9.17, 15) is 9.90 Å². The van der Waals surface area contributed by atoms with Crippen LogP contribution in [0.25, 0.3) is 0 Å². The van der Waals surface area contributed by atoms with E-state index >= 15 is 0 Å². The van der Waals surface area contributed by atoms with Gasteiger partial charge in [0.25, 0.3) is 0 Å². The van der Waals surface area contributed by atoms with Crippen LogP contribution < -0.4 is 4.74 Å². The van der Waals surface area contributed by atoms with Crippen molar-refractivity contribution in [2.45, 2.75) is 18.9 Å². The Morgan fingerprint density at radius 2 is 2.26 bits per heavy atom. The normalized spacial score (nSPS) is 20.1. The SMILES string of the molecule is COc1cccc(C(c2ccsc2)N2CCCC(C(=O)O)C2)c1. The number of ether oxygens (including phenoxy) is 1. The van der Waals surface area contributed by atoms with Crippen molar-refractivity contribution in [2.75, 3.05) is 20.2 Å². The van der Waals surface area contributed by atoms with E-state index in [1.807, 2.05) is 18.2 Å². The average Bonchev–Trinajstić information content (AvgIpc) is 3.09. The fourth-order valence-electron chi connectivity index (χ4n) is 3.30. The van der Waals surface area contributed by atoms with Crippen LogP contribution in [-0.4, -0.2) is 36.2 Å². The molecule has 2 atom stereocenters. The van der Waals surface area contributed by atoms with Crippen LogP contribution in [0.1, 0.15) is 30.0 Å². The van der Waals surface area contributed by atoms with E-state index < -0.39 is 5.97 Å². The lowest BCUT2D eigenvalue weighted by Gasteiger charge is -2.37. The predicted molar refractivity (Wildman–Crippen MR) is 91.1 cm³/mol. The Balaban J connectivity index is 1.94. The van der Waals surface area contributed by atoms with Crippen molar-refractivity contribution in [3.8, 4) is 5.75 Å². The highest BCUT2D eigenvalue weighted by molar-refractivity contribution is 7.08. The van der Waals surface area contributed by atoms with E-state index in [1.54, 1.807) is 18.4 Å².